The third kappa shape index (κ3) is 3.80. The number of thiophene rings is 1. The summed E-state index contributed by atoms with van der Waals surface area (Å²) in [7, 11) is 1.65. The summed E-state index contributed by atoms with van der Waals surface area (Å²) in [5.74, 6) is 0.846. The molecule has 1 aromatic heterocycles. The van der Waals surface area contributed by atoms with Crippen LogP contribution in [-0.4, -0.2) is 12.2 Å². The number of aliphatic hydroxyl groups excluding tert-OH is 1. The van der Waals surface area contributed by atoms with Crippen LogP contribution >= 0.6 is 11.3 Å². The van der Waals surface area contributed by atoms with Crippen LogP contribution in [0, 0.1) is 0 Å². The van der Waals surface area contributed by atoms with Crippen molar-refractivity contribution in [3.63, 3.8) is 0 Å². The number of rotatable bonds is 6. The molecule has 1 unspecified atom stereocenters. The van der Waals surface area contributed by atoms with Gasteiger partial charge in [0.1, 0.15) is 5.75 Å². The first-order valence-electron chi connectivity index (χ1n) is 6.15. The zero-order valence-electron chi connectivity index (χ0n) is 11.1. The Labute approximate surface area is 117 Å². The Bertz CT molecular complexity index is 502. The summed E-state index contributed by atoms with van der Waals surface area (Å²) in [4.78, 5) is 1.09. The minimum atomic E-state index is -0.439. The first-order chi connectivity index (χ1) is 9.20. The van der Waals surface area contributed by atoms with E-state index in [1.54, 1.807) is 25.4 Å². The Kier molecular flexibility index (Phi) is 4.96. The van der Waals surface area contributed by atoms with Crippen molar-refractivity contribution < 1.29 is 14.6 Å². The number of ether oxygens (including phenoxy) is 2. The lowest BCUT2D eigenvalue weighted by Crippen LogP contribution is -1.97. The van der Waals surface area contributed by atoms with Gasteiger partial charge in [0.05, 0.1) is 26.4 Å². The molecule has 4 heteroatoms. The van der Waals surface area contributed by atoms with Gasteiger partial charge in [-0.2, -0.15) is 0 Å². The summed E-state index contributed by atoms with van der Waals surface area (Å²) in [6, 6.07) is 9.77. The number of methoxy groups -OCH3 is 1. The highest BCUT2D eigenvalue weighted by Gasteiger charge is 2.09. The van der Waals surface area contributed by atoms with Gasteiger partial charge in [-0.25, -0.2) is 0 Å². The van der Waals surface area contributed by atoms with Crippen LogP contribution in [0.3, 0.4) is 0 Å². The first-order valence-corrected chi connectivity index (χ1v) is 7.03. The van der Waals surface area contributed by atoms with Crippen molar-refractivity contribution in [1.82, 2.24) is 0 Å². The number of hydrogen-bond acceptors (Lipinski definition) is 4. The minimum Gasteiger partial charge on any atom is -0.497 e. The van der Waals surface area contributed by atoms with Crippen LogP contribution in [0.15, 0.2) is 35.7 Å². The maximum atomic E-state index is 9.60. The Morgan fingerprint density at radius 3 is 2.53 bits per heavy atom. The lowest BCUT2D eigenvalue weighted by molar-refractivity contribution is 0.106. The fourth-order valence-corrected chi connectivity index (χ4v) is 2.73. The summed E-state index contributed by atoms with van der Waals surface area (Å²) < 4.78 is 10.8. The van der Waals surface area contributed by atoms with E-state index < -0.39 is 6.10 Å². The van der Waals surface area contributed by atoms with Gasteiger partial charge >= 0.3 is 0 Å². The van der Waals surface area contributed by atoms with E-state index in [2.05, 4.69) is 0 Å². The Morgan fingerprint density at radius 1 is 1.16 bits per heavy atom. The number of aliphatic hydroxyl groups is 1. The van der Waals surface area contributed by atoms with Crippen molar-refractivity contribution in [1.29, 1.82) is 0 Å². The third-order valence-corrected chi connectivity index (χ3v) is 3.80. The molecule has 0 aliphatic heterocycles. The van der Waals surface area contributed by atoms with Crippen molar-refractivity contribution in [2.75, 3.05) is 7.11 Å². The van der Waals surface area contributed by atoms with E-state index in [4.69, 9.17) is 9.47 Å². The Balaban J connectivity index is 1.87. The lowest BCUT2D eigenvalue weighted by Gasteiger charge is -2.08. The molecule has 0 radical (unpaired) electrons. The SMILES string of the molecule is COc1ccc(COCc2sccc2C(C)O)cc1. The molecule has 1 atom stereocenters. The third-order valence-electron chi connectivity index (χ3n) is 2.89. The standard InChI is InChI=1S/C15H18O3S/c1-11(16)14-7-8-19-15(14)10-18-9-12-3-5-13(17-2)6-4-12/h3-8,11,16H,9-10H2,1-2H3. The molecule has 0 saturated carbocycles. The van der Waals surface area contributed by atoms with Gasteiger partial charge in [0, 0.05) is 4.88 Å². The van der Waals surface area contributed by atoms with Crippen molar-refractivity contribution in [3.05, 3.63) is 51.7 Å². The van der Waals surface area contributed by atoms with Crippen LogP contribution in [0.25, 0.3) is 0 Å². The molecule has 0 spiro atoms. The van der Waals surface area contributed by atoms with E-state index in [9.17, 15) is 5.11 Å². The predicted octanol–water partition coefficient (Wildman–Crippen LogP) is 3.53. The smallest absolute Gasteiger partial charge is 0.118 e. The van der Waals surface area contributed by atoms with Crippen molar-refractivity contribution in [2.24, 2.45) is 0 Å². The molecule has 19 heavy (non-hydrogen) atoms. The lowest BCUT2D eigenvalue weighted by atomic mass is 10.2. The average molecular weight is 278 g/mol. The summed E-state index contributed by atoms with van der Waals surface area (Å²) in [6.07, 6.45) is -0.439. The summed E-state index contributed by atoms with van der Waals surface area (Å²) in [5, 5.41) is 11.6. The topological polar surface area (TPSA) is 38.7 Å². The van der Waals surface area contributed by atoms with Gasteiger partial charge < -0.3 is 14.6 Å². The molecule has 0 amide bonds. The molecule has 0 aliphatic carbocycles. The fourth-order valence-electron chi connectivity index (χ4n) is 1.82. The molecule has 1 N–H and O–H groups in total. The van der Waals surface area contributed by atoms with Crippen LogP contribution in [0.5, 0.6) is 5.75 Å². The number of benzene rings is 1. The molecule has 0 fully saturated rings. The van der Waals surface area contributed by atoms with Crippen molar-refractivity contribution in [3.8, 4) is 5.75 Å². The fraction of sp³-hybridized carbons (Fsp3) is 0.333. The monoisotopic (exact) mass is 278 g/mol. The second-order valence-electron chi connectivity index (χ2n) is 4.32. The molecule has 2 aromatic rings. The van der Waals surface area contributed by atoms with Gasteiger partial charge in [0.15, 0.2) is 0 Å². The van der Waals surface area contributed by atoms with Crippen molar-refractivity contribution >= 4 is 11.3 Å². The van der Waals surface area contributed by atoms with E-state index in [-0.39, 0.29) is 0 Å². The van der Waals surface area contributed by atoms with Gasteiger partial charge in [-0.15, -0.1) is 11.3 Å². The average Bonchev–Trinajstić information content (AvgIpc) is 2.88. The zero-order valence-corrected chi connectivity index (χ0v) is 11.9. The zero-order chi connectivity index (χ0) is 13.7. The van der Waals surface area contributed by atoms with Crippen LogP contribution in [0.2, 0.25) is 0 Å². The highest BCUT2D eigenvalue weighted by atomic mass is 32.1. The van der Waals surface area contributed by atoms with E-state index in [0.29, 0.717) is 13.2 Å². The molecule has 2 rings (SSSR count). The maximum absolute atomic E-state index is 9.60. The molecular formula is C15H18O3S. The van der Waals surface area contributed by atoms with Crippen LogP contribution in [0.1, 0.15) is 29.0 Å². The summed E-state index contributed by atoms with van der Waals surface area (Å²) in [5.41, 5.74) is 2.07. The summed E-state index contributed by atoms with van der Waals surface area (Å²) >= 11 is 1.61. The molecular weight excluding hydrogens is 260 g/mol. The summed E-state index contributed by atoms with van der Waals surface area (Å²) in [6.45, 7) is 2.86. The van der Waals surface area contributed by atoms with Crippen LogP contribution in [-0.2, 0) is 18.0 Å². The molecule has 0 saturated heterocycles. The largest absolute Gasteiger partial charge is 0.497 e. The highest BCUT2D eigenvalue weighted by molar-refractivity contribution is 7.10. The molecule has 1 heterocycles. The Hall–Kier alpha value is -1.36. The quantitative estimate of drug-likeness (QED) is 0.878. The van der Waals surface area contributed by atoms with Gasteiger partial charge in [0.25, 0.3) is 0 Å². The van der Waals surface area contributed by atoms with Gasteiger partial charge in [-0.1, -0.05) is 12.1 Å². The van der Waals surface area contributed by atoms with Crippen LogP contribution < -0.4 is 4.74 Å². The second kappa shape index (κ2) is 6.70. The van der Waals surface area contributed by atoms with Crippen LogP contribution in [0.4, 0.5) is 0 Å². The maximum Gasteiger partial charge on any atom is 0.118 e. The Morgan fingerprint density at radius 2 is 1.89 bits per heavy atom. The van der Waals surface area contributed by atoms with E-state index in [0.717, 1.165) is 21.8 Å². The molecule has 0 aliphatic rings. The first kappa shape index (κ1) is 14.1. The molecule has 1 aromatic carbocycles. The van der Waals surface area contributed by atoms with E-state index in [1.807, 2.05) is 35.7 Å². The minimum absolute atomic E-state index is 0.439. The van der Waals surface area contributed by atoms with Gasteiger partial charge in [0.2, 0.25) is 0 Å². The van der Waals surface area contributed by atoms with Gasteiger partial charge in [-0.3, -0.25) is 0 Å². The van der Waals surface area contributed by atoms with Gasteiger partial charge in [-0.05, 0) is 41.6 Å². The van der Waals surface area contributed by atoms with Crippen molar-refractivity contribution in [2.45, 2.75) is 26.2 Å². The molecule has 0 bridgehead atoms. The predicted molar refractivity (Wildman–Crippen MR) is 76.4 cm³/mol. The normalized spacial score (nSPS) is 12.4. The van der Waals surface area contributed by atoms with E-state index >= 15 is 0 Å². The molecule has 102 valence electrons. The molecule has 3 nitrogen and oxygen atoms in total. The highest BCUT2D eigenvalue weighted by Crippen LogP contribution is 2.24. The second-order valence-corrected chi connectivity index (χ2v) is 5.32. The van der Waals surface area contributed by atoms with E-state index in [1.165, 1.54) is 0 Å². The number of hydrogen-bond donors (Lipinski definition) is 1.